The van der Waals surface area contributed by atoms with Crippen molar-refractivity contribution in [1.82, 2.24) is 0 Å². The molecule has 0 saturated carbocycles. The van der Waals surface area contributed by atoms with Crippen molar-refractivity contribution in [2.45, 2.75) is 40.0 Å². The number of nitrogens with two attached hydrogens (primary N) is 1. The topological polar surface area (TPSA) is 46.3 Å². The molecule has 3 heteroatoms. The third-order valence-corrected chi connectivity index (χ3v) is 3.83. The van der Waals surface area contributed by atoms with Crippen LogP contribution in [0.25, 0.3) is 0 Å². The van der Waals surface area contributed by atoms with Crippen molar-refractivity contribution in [2.75, 3.05) is 17.2 Å². The molecule has 0 aliphatic carbocycles. The van der Waals surface area contributed by atoms with Crippen LogP contribution in [0.15, 0.2) is 12.1 Å². The summed E-state index contributed by atoms with van der Waals surface area (Å²) < 4.78 is 0. The second kappa shape index (κ2) is 5.01. The molecule has 1 heterocycles. The Morgan fingerprint density at radius 3 is 2.72 bits per heavy atom. The van der Waals surface area contributed by atoms with E-state index in [1.54, 1.807) is 0 Å². The quantitative estimate of drug-likeness (QED) is 0.833. The summed E-state index contributed by atoms with van der Waals surface area (Å²) in [6, 6.07) is 4.00. The van der Waals surface area contributed by atoms with Gasteiger partial charge in [-0.05, 0) is 43.9 Å². The summed E-state index contributed by atoms with van der Waals surface area (Å²) >= 11 is 0. The average Bonchev–Trinajstić information content (AvgIpc) is 2.67. The van der Waals surface area contributed by atoms with Crippen LogP contribution in [-0.2, 0) is 4.79 Å². The summed E-state index contributed by atoms with van der Waals surface area (Å²) in [5.74, 6) is 0.472. The first-order valence-electron chi connectivity index (χ1n) is 6.72. The Hall–Kier alpha value is -1.51. The molecule has 1 saturated heterocycles. The van der Waals surface area contributed by atoms with Crippen LogP contribution in [0.1, 0.15) is 37.3 Å². The summed E-state index contributed by atoms with van der Waals surface area (Å²) in [4.78, 5) is 14.2. The maximum Gasteiger partial charge on any atom is 0.230 e. The molecule has 2 rings (SSSR count). The van der Waals surface area contributed by atoms with Crippen molar-refractivity contribution < 1.29 is 4.79 Å². The zero-order valence-corrected chi connectivity index (χ0v) is 11.5. The van der Waals surface area contributed by atoms with Gasteiger partial charge in [0.25, 0.3) is 0 Å². The molecule has 18 heavy (non-hydrogen) atoms. The van der Waals surface area contributed by atoms with Crippen molar-refractivity contribution in [1.29, 1.82) is 0 Å². The lowest BCUT2D eigenvalue weighted by Crippen LogP contribution is -2.27. The predicted molar refractivity (Wildman–Crippen MR) is 75.7 cm³/mol. The Morgan fingerprint density at radius 2 is 2.06 bits per heavy atom. The van der Waals surface area contributed by atoms with Crippen LogP contribution in [0.5, 0.6) is 0 Å². The number of rotatable bonds is 3. The Kier molecular flexibility index (Phi) is 3.60. The number of nitrogen functional groups attached to an aromatic ring is 1. The molecule has 1 aromatic rings. The lowest BCUT2D eigenvalue weighted by molar-refractivity contribution is -0.120. The van der Waals surface area contributed by atoms with E-state index in [2.05, 4.69) is 13.0 Å². The second-order valence-corrected chi connectivity index (χ2v) is 5.26. The zero-order chi connectivity index (χ0) is 13.3. The molecule has 98 valence electrons. The van der Waals surface area contributed by atoms with Crippen molar-refractivity contribution in [2.24, 2.45) is 5.92 Å². The monoisotopic (exact) mass is 246 g/mol. The van der Waals surface area contributed by atoms with Gasteiger partial charge in [0.05, 0.1) is 0 Å². The van der Waals surface area contributed by atoms with E-state index >= 15 is 0 Å². The molecule has 0 aromatic heterocycles. The molecule has 1 aliphatic rings. The van der Waals surface area contributed by atoms with Crippen LogP contribution in [0.2, 0.25) is 0 Å². The molecule has 1 aromatic carbocycles. The summed E-state index contributed by atoms with van der Waals surface area (Å²) in [7, 11) is 0. The second-order valence-electron chi connectivity index (χ2n) is 5.26. The first-order chi connectivity index (χ1) is 8.54. The number of hydrogen-bond acceptors (Lipinski definition) is 2. The van der Waals surface area contributed by atoms with Gasteiger partial charge in [-0.25, -0.2) is 0 Å². The maximum atomic E-state index is 12.3. The van der Waals surface area contributed by atoms with Gasteiger partial charge in [0.1, 0.15) is 0 Å². The van der Waals surface area contributed by atoms with E-state index in [1.165, 1.54) is 0 Å². The van der Waals surface area contributed by atoms with E-state index in [0.717, 1.165) is 48.3 Å². The van der Waals surface area contributed by atoms with Gasteiger partial charge in [-0.2, -0.15) is 0 Å². The number of amides is 1. The van der Waals surface area contributed by atoms with Gasteiger partial charge >= 0.3 is 0 Å². The van der Waals surface area contributed by atoms with E-state index < -0.39 is 0 Å². The van der Waals surface area contributed by atoms with E-state index in [1.807, 2.05) is 24.8 Å². The number of aryl methyl sites for hydroxylation is 2. The lowest BCUT2D eigenvalue weighted by atomic mass is 10.0. The highest BCUT2D eigenvalue weighted by molar-refractivity contribution is 5.98. The number of carbonyl (C=O) groups excluding carboxylic acids is 1. The molecule has 1 fully saturated rings. The molecule has 1 unspecified atom stereocenters. The van der Waals surface area contributed by atoms with Crippen molar-refractivity contribution in [3.05, 3.63) is 23.3 Å². The third kappa shape index (κ3) is 2.22. The smallest absolute Gasteiger partial charge is 0.230 e. The molecule has 2 N–H and O–H groups in total. The molecule has 1 amide bonds. The van der Waals surface area contributed by atoms with Gasteiger partial charge in [0, 0.05) is 23.8 Å². The van der Waals surface area contributed by atoms with Crippen LogP contribution in [0.4, 0.5) is 11.4 Å². The van der Waals surface area contributed by atoms with Crippen molar-refractivity contribution in [3.63, 3.8) is 0 Å². The molecule has 1 atom stereocenters. The van der Waals surface area contributed by atoms with Crippen LogP contribution >= 0.6 is 0 Å². The molecule has 3 nitrogen and oxygen atoms in total. The first-order valence-corrected chi connectivity index (χ1v) is 6.72. The number of benzene rings is 1. The Morgan fingerprint density at radius 1 is 1.33 bits per heavy atom. The van der Waals surface area contributed by atoms with Gasteiger partial charge in [-0.3, -0.25) is 4.79 Å². The summed E-state index contributed by atoms with van der Waals surface area (Å²) in [6.45, 7) is 7.00. The maximum absolute atomic E-state index is 12.3. The molecule has 0 bridgehead atoms. The average molecular weight is 246 g/mol. The fourth-order valence-electron chi connectivity index (χ4n) is 2.74. The molecule has 0 spiro atoms. The predicted octanol–water partition coefficient (Wildman–Crippen LogP) is 3.04. The van der Waals surface area contributed by atoms with Gasteiger partial charge in [0.2, 0.25) is 5.91 Å². The SMILES string of the molecule is CCCC1CCN(c2cc(N)c(C)cc2C)C1=O. The fraction of sp³-hybridized carbons (Fsp3) is 0.533. The Bertz CT molecular complexity index is 468. The standard InChI is InChI=1S/C15H22N2O/c1-4-5-12-6-7-17(15(12)18)14-9-13(16)10(2)8-11(14)3/h8-9,12H,4-7,16H2,1-3H3. The van der Waals surface area contributed by atoms with E-state index in [9.17, 15) is 4.79 Å². The molecule has 0 radical (unpaired) electrons. The highest BCUT2D eigenvalue weighted by atomic mass is 16.2. The zero-order valence-electron chi connectivity index (χ0n) is 11.5. The summed E-state index contributed by atoms with van der Waals surface area (Å²) in [5, 5.41) is 0. The number of anilines is 2. The van der Waals surface area contributed by atoms with Crippen LogP contribution in [0.3, 0.4) is 0 Å². The highest BCUT2D eigenvalue weighted by Crippen LogP contribution is 2.32. The molecular weight excluding hydrogens is 224 g/mol. The fourth-order valence-corrected chi connectivity index (χ4v) is 2.74. The van der Waals surface area contributed by atoms with Crippen LogP contribution in [-0.4, -0.2) is 12.5 Å². The van der Waals surface area contributed by atoms with Gasteiger partial charge in [-0.1, -0.05) is 19.4 Å². The van der Waals surface area contributed by atoms with E-state index in [-0.39, 0.29) is 11.8 Å². The van der Waals surface area contributed by atoms with E-state index in [4.69, 9.17) is 5.73 Å². The molecule has 1 aliphatic heterocycles. The van der Waals surface area contributed by atoms with Crippen LogP contribution in [0, 0.1) is 19.8 Å². The summed E-state index contributed by atoms with van der Waals surface area (Å²) in [6.07, 6.45) is 3.04. The van der Waals surface area contributed by atoms with E-state index in [0.29, 0.717) is 0 Å². The van der Waals surface area contributed by atoms with Crippen LogP contribution < -0.4 is 10.6 Å². The van der Waals surface area contributed by atoms with Gasteiger partial charge < -0.3 is 10.6 Å². The minimum Gasteiger partial charge on any atom is -0.398 e. The summed E-state index contributed by atoms with van der Waals surface area (Å²) in [5.41, 5.74) is 9.92. The number of nitrogens with zero attached hydrogens (tertiary/aromatic N) is 1. The van der Waals surface area contributed by atoms with Gasteiger partial charge in [-0.15, -0.1) is 0 Å². The number of carbonyl (C=O) groups is 1. The Balaban J connectivity index is 2.28. The minimum absolute atomic E-state index is 0.205. The normalized spacial score (nSPS) is 19.6. The minimum atomic E-state index is 0.205. The molecular formula is C15H22N2O. The van der Waals surface area contributed by atoms with Gasteiger partial charge in [0.15, 0.2) is 0 Å². The van der Waals surface area contributed by atoms with Crippen molar-refractivity contribution >= 4 is 17.3 Å². The number of hydrogen-bond donors (Lipinski definition) is 1. The largest absolute Gasteiger partial charge is 0.398 e. The highest BCUT2D eigenvalue weighted by Gasteiger charge is 2.32. The van der Waals surface area contributed by atoms with Crippen molar-refractivity contribution in [3.8, 4) is 0 Å². The first kappa shape index (κ1) is 12.9. The Labute approximate surface area is 109 Å². The lowest BCUT2D eigenvalue weighted by Gasteiger charge is -2.20. The third-order valence-electron chi connectivity index (χ3n) is 3.83.